The van der Waals surface area contributed by atoms with Crippen molar-refractivity contribution in [3.05, 3.63) is 57.6 Å². The minimum absolute atomic E-state index is 0.135. The highest BCUT2D eigenvalue weighted by atomic mass is 35.5. The third-order valence-corrected chi connectivity index (χ3v) is 3.50. The van der Waals surface area contributed by atoms with E-state index in [0.29, 0.717) is 15.7 Å². The van der Waals surface area contributed by atoms with Gasteiger partial charge in [0, 0.05) is 10.7 Å². The van der Waals surface area contributed by atoms with E-state index >= 15 is 0 Å². The Bertz CT molecular complexity index is 648. The molecule has 2 aromatic carbocycles. The molecule has 0 aromatic heterocycles. The third kappa shape index (κ3) is 4.38. The molecule has 0 unspecified atom stereocenters. The molecule has 2 N–H and O–H groups in total. The van der Waals surface area contributed by atoms with Crippen LogP contribution in [0, 0.1) is 13.8 Å². The largest absolute Gasteiger partial charge is 0.375 e. The lowest BCUT2D eigenvalue weighted by Gasteiger charge is -2.12. The summed E-state index contributed by atoms with van der Waals surface area (Å²) in [6.07, 6.45) is 0. The Labute approximate surface area is 134 Å². The summed E-state index contributed by atoms with van der Waals surface area (Å²) in [5, 5.41) is 7.04. The van der Waals surface area contributed by atoms with Gasteiger partial charge in [0.2, 0.25) is 5.91 Å². The number of nitrogens with one attached hydrogen (secondary N) is 2. The summed E-state index contributed by atoms with van der Waals surface area (Å²) in [4.78, 5) is 11.9. The summed E-state index contributed by atoms with van der Waals surface area (Å²) in [6.45, 7) is 4.07. The van der Waals surface area contributed by atoms with Gasteiger partial charge in [0.05, 0.1) is 17.3 Å². The first-order valence-electron chi connectivity index (χ1n) is 6.52. The Morgan fingerprint density at radius 2 is 1.90 bits per heavy atom. The maximum absolute atomic E-state index is 11.9. The number of aryl methyl sites for hydroxylation is 2. The van der Waals surface area contributed by atoms with E-state index in [4.69, 9.17) is 23.2 Å². The van der Waals surface area contributed by atoms with Crippen molar-refractivity contribution < 1.29 is 4.79 Å². The smallest absolute Gasteiger partial charge is 0.243 e. The second-order valence-corrected chi connectivity index (χ2v) is 5.69. The number of hydrogen-bond donors (Lipinski definition) is 2. The van der Waals surface area contributed by atoms with E-state index in [0.717, 1.165) is 16.8 Å². The fourth-order valence-corrected chi connectivity index (χ4v) is 2.66. The normalized spacial score (nSPS) is 10.3. The van der Waals surface area contributed by atoms with Gasteiger partial charge < -0.3 is 10.6 Å². The molecule has 2 rings (SSSR count). The van der Waals surface area contributed by atoms with Crippen molar-refractivity contribution in [3.8, 4) is 0 Å². The van der Waals surface area contributed by atoms with Gasteiger partial charge in [-0.15, -0.1) is 0 Å². The maximum Gasteiger partial charge on any atom is 0.243 e. The number of benzene rings is 2. The van der Waals surface area contributed by atoms with E-state index in [9.17, 15) is 4.79 Å². The molecule has 0 aliphatic heterocycles. The monoisotopic (exact) mass is 322 g/mol. The number of halogens is 2. The Kier molecular flexibility index (Phi) is 5.10. The van der Waals surface area contributed by atoms with Crippen molar-refractivity contribution in [3.63, 3.8) is 0 Å². The molecule has 110 valence electrons. The van der Waals surface area contributed by atoms with Crippen LogP contribution in [0.4, 0.5) is 11.4 Å². The van der Waals surface area contributed by atoms with Crippen LogP contribution >= 0.6 is 23.2 Å². The number of carbonyl (C=O) groups is 1. The van der Waals surface area contributed by atoms with Crippen LogP contribution in [-0.4, -0.2) is 12.5 Å². The van der Waals surface area contributed by atoms with E-state index in [2.05, 4.69) is 10.6 Å². The molecule has 21 heavy (non-hydrogen) atoms. The zero-order chi connectivity index (χ0) is 15.4. The highest BCUT2D eigenvalue weighted by molar-refractivity contribution is 6.33. The lowest BCUT2D eigenvalue weighted by molar-refractivity contribution is -0.114. The van der Waals surface area contributed by atoms with Gasteiger partial charge in [-0.3, -0.25) is 4.79 Å². The second-order valence-electron chi connectivity index (χ2n) is 4.85. The zero-order valence-corrected chi connectivity index (χ0v) is 13.3. The van der Waals surface area contributed by atoms with Crippen LogP contribution < -0.4 is 10.6 Å². The maximum atomic E-state index is 11.9. The number of anilines is 2. The average Bonchev–Trinajstić information content (AvgIpc) is 2.37. The number of carbonyl (C=O) groups excluding carboxylic acids is 1. The van der Waals surface area contributed by atoms with Crippen LogP contribution in [0.2, 0.25) is 10.0 Å². The lowest BCUT2D eigenvalue weighted by Crippen LogP contribution is -2.22. The molecular weight excluding hydrogens is 307 g/mol. The predicted octanol–water partition coefficient (Wildman–Crippen LogP) is 4.66. The number of amides is 1. The van der Waals surface area contributed by atoms with Crippen molar-refractivity contribution in [2.24, 2.45) is 0 Å². The lowest BCUT2D eigenvalue weighted by atomic mass is 10.1. The van der Waals surface area contributed by atoms with E-state index < -0.39 is 0 Å². The van der Waals surface area contributed by atoms with Crippen molar-refractivity contribution in [1.82, 2.24) is 0 Å². The van der Waals surface area contributed by atoms with E-state index in [-0.39, 0.29) is 12.5 Å². The van der Waals surface area contributed by atoms with Gasteiger partial charge in [-0.1, -0.05) is 35.3 Å². The Morgan fingerprint density at radius 3 is 2.57 bits per heavy atom. The molecule has 0 aliphatic carbocycles. The molecule has 0 heterocycles. The number of rotatable bonds is 4. The molecule has 0 atom stereocenters. The minimum atomic E-state index is -0.159. The summed E-state index contributed by atoms with van der Waals surface area (Å²) in [5.41, 5.74) is 3.55. The van der Waals surface area contributed by atoms with Crippen LogP contribution in [0.5, 0.6) is 0 Å². The summed E-state index contributed by atoms with van der Waals surface area (Å²) in [6, 6.07) is 10.9. The van der Waals surface area contributed by atoms with Gasteiger partial charge in [-0.05, 0) is 49.2 Å². The van der Waals surface area contributed by atoms with E-state index in [1.54, 1.807) is 24.3 Å². The van der Waals surface area contributed by atoms with Crippen molar-refractivity contribution in [1.29, 1.82) is 0 Å². The van der Waals surface area contributed by atoms with Crippen LogP contribution in [0.1, 0.15) is 11.1 Å². The minimum Gasteiger partial charge on any atom is -0.375 e. The van der Waals surface area contributed by atoms with Gasteiger partial charge in [0.25, 0.3) is 0 Å². The summed E-state index contributed by atoms with van der Waals surface area (Å²) >= 11 is 12.1. The molecule has 0 fully saturated rings. The molecular formula is C16H16Cl2N2O. The van der Waals surface area contributed by atoms with E-state index in [1.807, 2.05) is 26.0 Å². The van der Waals surface area contributed by atoms with Crippen molar-refractivity contribution in [2.75, 3.05) is 17.2 Å². The van der Waals surface area contributed by atoms with Gasteiger partial charge >= 0.3 is 0 Å². The fourth-order valence-electron chi connectivity index (χ4n) is 2.08. The van der Waals surface area contributed by atoms with Crippen LogP contribution in [-0.2, 0) is 4.79 Å². The Hall–Kier alpha value is -1.71. The first kappa shape index (κ1) is 15.7. The molecule has 5 heteroatoms. The summed E-state index contributed by atoms with van der Waals surface area (Å²) in [7, 11) is 0. The van der Waals surface area contributed by atoms with Gasteiger partial charge in [-0.2, -0.15) is 0 Å². The molecule has 0 spiro atoms. The molecule has 0 radical (unpaired) electrons. The van der Waals surface area contributed by atoms with Crippen LogP contribution in [0.25, 0.3) is 0 Å². The predicted molar refractivity (Wildman–Crippen MR) is 89.5 cm³/mol. The first-order chi connectivity index (χ1) is 9.95. The van der Waals surface area contributed by atoms with Crippen molar-refractivity contribution >= 4 is 40.5 Å². The van der Waals surface area contributed by atoms with Crippen LogP contribution in [0.15, 0.2) is 36.4 Å². The summed E-state index contributed by atoms with van der Waals surface area (Å²) in [5.74, 6) is -0.159. The number of hydrogen-bond acceptors (Lipinski definition) is 2. The first-order valence-corrected chi connectivity index (χ1v) is 7.27. The molecule has 3 nitrogen and oxygen atoms in total. The SMILES string of the molecule is Cc1cc(C)c(NCC(=O)Nc2cccc(Cl)c2)c(Cl)c1. The van der Waals surface area contributed by atoms with Gasteiger partial charge in [0.15, 0.2) is 0 Å². The van der Waals surface area contributed by atoms with Gasteiger partial charge in [0.1, 0.15) is 0 Å². The van der Waals surface area contributed by atoms with Crippen LogP contribution in [0.3, 0.4) is 0 Å². The average molecular weight is 323 g/mol. The quantitative estimate of drug-likeness (QED) is 0.859. The Balaban J connectivity index is 1.99. The second kappa shape index (κ2) is 6.83. The fraction of sp³-hybridized carbons (Fsp3) is 0.188. The third-order valence-electron chi connectivity index (χ3n) is 2.97. The highest BCUT2D eigenvalue weighted by Gasteiger charge is 2.08. The molecule has 1 amide bonds. The zero-order valence-electron chi connectivity index (χ0n) is 11.8. The molecule has 0 saturated heterocycles. The Morgan fingerprint density at radius 1 is 1.14 bits per heavy atom. The van der Waals surface area contributed by atoms with Crippen molar-refractivity contribution in [2.45, 2.75) is 13.8 Å². The van der Waals surface area contributed by atoms with Gasteiger partial charge in [-0.25, -0.2) is 0 Å². The highest BCUT2D eigenvalue weighted by Crippen LogP contribution is 2.27. The molecule has 0 saturated carbocycles. The molecule has 2 aromatic rings. The molecule has 0 bridgehead atoms. The summed E-state index contributed by atoms with van der Waals surface area (Å²) < 4.78 is 0. The topological polar surface area (TPSA) is 41.1 Å². The standard InChI is InChI=1S/C16H16Cl2N2O/c1-10-6-11(2)16(14(18)7-10)19-9-15(21)20-13-5-3-4-12(17)8-13/h3-8,19H,9H2,1-2H3,(H,20,21). The molecule has 0 aliphatic rings. The van der Waals surface area contributed by atoms with E-state index in [1.165, 1.54) is 0 Å².